The molecule has 0 aliphatic carbocycles. The Morgan fingerprint density at radius 2 is 2.04 bits per heavy atom. The molecule has 0 unspecified atom stereocenters. The monoisotopic (exact) mass is 383 g/mol. The minimum atomic E-state index is -0.350. The predicted octanol–water partition coefficient (Wildman–Crippen LogP) is 4.20. The number of hydrogen-bond acceptors (Lipinski definition) is 4. The number of nitrogens with one attached hydrogen (secondary N) is 1. The smallest absolute Gasteiger partial charge is 0.258 e. The molecule has 5 nitrogen and oxygen atoms in total. The normalized spacial score (nSPS) is 16.3. The van der Waals surface area contributed by atoms with E-state index in [0.29, 0.717) is 12.1 Å². The van der Waals surface area contributed by atoms with Gasteiger partial charge in [0.2, 0.25) is 0 Å². The number of nitrogens with zero attached hydrogens (tertiary/aromatic N) is 2. The van der Waals surface area contributed by atoms with Crippen LogP contribution in [0.5, 0.6) is 0 Å². The second-order valence-electron chi connectivity index (χ2n) is 5.48. The second-order valence-corrected chi connectivity index (χ2v) is 6.33. The number of carbonyl (C=O) groups is 1. The summed E-state index contributed by atoms with van der Waals surface area (Å²) in [5.41, 5.74) is 2.25. The van der Waals surface area contributed by atoms with Gasteiger partial charge >= 0.3 is 0 Å². The number of amides is 1. The first-order valence-corrected chi connectivity index (χ1v) is 8.32. The van der Waals surface area contributed by atoms with E-state index < -0.39 is 0 Å². The van der Waals surface area contributed by atoms with Gasteiger partial charge in [-0.05, 0) is 52.3 Å². The standard InChI is InChI=1S/C18H14BrN3O2/c19-14-7-1-2-8-15(14)21-17-16-13(6-3-9-20-16)18(23)22(17)11-12-5-4-10-24-12/h1-10,17,21H,11H2/t17-/m1/s1. The van der Waals surface area contributed by atoms with Gasteiger partial charge in [0.15, 0.2) is 0 Å². The maximum absolute atomic E-state index is 12.8. The number of rotatable bonds is 4. The molecule has 1 atom stereocenters. The molecule has 0 spiro atoms. The Hall–Kier alpha value is -2.60. The summed E-state index contributed by atoms with van der Waals surface area (Å²) in [6.07, 6.45) is 2.96. The maximum atomic E-state index is 12.8. The van der Waals surface area contributed by atoms with Gasteiger partial charge in [-0.3, -0.25) is 9.78 Å². The molecule has 1 aliphatic heterocycles. The van der Waals surface area contributed by atoms with Crippen molar-refractivity contribution in [3.8, 4) is 0 Å². The van der Waals surface area contributed by atoms with E-state index in [0.717, 1.165) is 21.6 Å². The number of carbonyl (C=O) groups excluding carboxylic acids is 1. The lowest BCUT2D eigenvalue weighted by atomic mass is 10.2. The molecule has 1 amide bonds. The lowest BCUT2D eigenvalue weighted by Crippen LogP contribution is -2.32. The number of pyridine rings is 1. The topological polar surface area (TPSA) is 58.4 Å². The second kappa shape index (κ2) is 6.13. The van der Waals surface area contributed by atoms with E-state index in [4.69, 9.17) is 4.42 Å². The summed E-state index contributed by atoms with van der Waals surface area (Å²) in [4.78, 5) is 19.0. The summed E-state index contributed by atoms with van der Waals surface area (Å²) in [5, 5.41) is 3.41. The Labute approximate surface area is 147 Å². The lowest BCUT2D eigenvalue weighted by Gasteiger charge is -2.26. The highest BCUT2D eigenvalue weighted by molar-refractivity contribution is 9.10. The molecule has 4 rings (SSSR count). The van der Waals surface area contributed by atoms with Crippen molar-refractivity contribution in [1.82, 2.24) is 9.88 Å². The molecule has 24 heavy (non-hydrogen) atoms. The van der Waals surface area contributed by atoms with Crippen molar-refractivity contribution in [2.75, 3.05) is 5.32 Å². The van der Waals surface area contributed by atoms with Crippen LogP contribution < -0.4 is 5.32 Å². The molecule has 0 saturated carbocycles. The molecule has 1 aromatic carbocycles. The van der Waals surface area contributed by atoms with E-state index in [-0.39, 0.29) is 12.1 Å². The average molecular weight is 384 g/mol. The molecular formula is C18H14BrN3O2. The van der Waals surface area contributed by atoms with Crippen LogP contribution in [0.25, 0.3) is 0 Å². The van der Waals surface area contributed by atoms with Crippen molar-refractivity contribution in [2.45, 2.75) is 12.7 Å². The van der Waals surface area contributed by atoms with Gasteiger partial charge in [0.1, 0.15) is 11.9 Å². The van der Waals surface area contributed by atoms with E-state index in [9.17, 15) is 4.79 Å². The Kier molecular flexibility index (Phi) is 3.82. The number of fused-ring (bicyclic) bond motifs is 1. The van der Waals surface area contributed by atoms with E-state index in [1.54, 1.807) is 23.4 Å². The zero-order valence-corrected chi connectivity index (χ0v) is 14.2. The number of aromatic nitrogens is 1. The van der Waals surface area contributed by atoms with Crippen molar-refractivity contribution >= 4 is 27.5 Å². The molecule has 3 aromatic rings. The van der Waals surface area contributed by atoms with Crippen molar-refractivity contribution in [2.24, 2.45) is 0 Å². The molecule has 6 heteroatoms. The van der Waals surface area contributed by atoms with Crippen LogP contribution in [0, 0.1) is 0 Å². The highest BCUT2D eigenvalue weighted by Crippen LogP contribution is 2.35. The zero-order chi connectivity index (χ0) is 16.5. The SMILES string of the molecule is O=C1c2cccnc2[C@H](Nc2ccccc2Br)N1Cc1ccco1. The molecule has 0 fully saturated rings. The molecule has 120 valence electrons. The van der Waals surface area contributed by atoms with Crippen molar-refractivity contribution in [3.63, 3.8) is 0 Å². The Bertz CT molecular complexity index is 879. The lowest BCUT2D eigenvalue weighted by molar-refractivity contribution is 0.0714. The fourth-order valence-corrected chi connectivity index (χ4v) is 3.24. The van der Waals surface area contributed by atoms with Crippen molar-refractivity contribution < 1.29 is 9.21 Å². The zero-order valence-electron chi connectivity index (χ0n) is 12.6. The quantitative estimate of drug-likeness (QED) is 0.733. The minimum Gasteiger partial charge on any atom is -0.467 e. The summed E-state index contributed by atoms with van der Waals surface area (Å²) < 4.78 is 6.34. The van der Waals surface area contributed by atoms with E-state index >= 15 is 0 Å². The van der Waals surface area contributed by atoms with Gasteiger partial charge in [-0.2, -0.15) is 0 Å². The number of anilines is 1. The van der Waals surface area contributed by atoms with Crippen LogP contribution >= 0.6 is 15.9 Å². The predicted molar refractivity (Wildman–Crippen MR) is 93.3 cm³/mol. The number of benzene rings is 1. The maximum Gasteiger partial charge on any atom is 0.258 e. The number of hydrogen-bond donors (Lipinski definition) is 1. The van der Waals surface area contributed by atoms with Gasteiger partial charge in [0.05, 0.1) is 29.8 Å². The first-order valence-electron chi connectivity index (χ1n) is 7.53. The summed E-state index contributed by atoms with van der Waals surface area (Å²) in [6, 6.07) is 15.1. The van der Waals surface area contributed by atoms with E-state index in [1.807, 2.05) is 42.5 Å². The molecule has 1 aliphatic rings. The highest BCUT2D eigenvalue weighted by Gasteiger charge is 2.38. The first-order chi connectivity index (χ1) is 11.7. The van der Waals surface area contributed by atoms with Gasteiger partial charge in [-0.15, -0.1) is 0 Å². The van der Waals surface area contributed by atoms with Gasteiger partial charge in [-0.1, -0.05) is 12.1 Å². The van der Waals surface area contributed by atoms with Crippen LogP contribution in [0.3, 0.4) is 0 Å². The molecule has 0 bridgehead atoms. The van der Waals surface area contributed by atoms with Crippen LogP contribution in [0.4, 0.5) is 5.69 Å². The Balaban J connectivity index is 1.72. The Morgan fingerprint density at radius 3 is 2.83 bits per heavy atom. The number of furan rings is 1. The largest absolute Gasteiger partial charge is 0.467 e. The molecule has 0 saturated heterocycles. The van der Waals surface area contributed by atoms with Crippen LogP contribution in [0.1, 0.15) is 28.0 Å². The summed E-state index contributed by atoms with van der Waals surface area (Å²) in [5.74, 6) is 0.675. The van der Waals surface area contributed by atoms with Crippen LogP contribution in [0.2, 0.25) is 0 Å². The molecule has 0 radical (unpaired) electrons. The minimum absolute atomic E-state index is 0.0564. The number of para-hydroxylation sites is 1. The van der Waals surface area contributed by atoms with Crippen LogP contribution in [0.15, 0.2) is 69.9 Å². The summed E-state index contributed by atoms with van der Waals surface area (Å²) in [6.45, 7) is 0.379. The van der Waals surface area contributed by atoms with Crippen LogP contribution in [-0.2, 0) is 6.54 Å². The molecule has 2 aromatic heterocycles. The number of halogens is 1. The van der Waals surface area contributed by atoms with Gasteiger partial charge in [-0.25, -0.2) is 0 Å². The Morgan fingerprint density at radius 1 is 1.17 bits per heavy atom. The molecular weight excluding hydrogens is 370 g/mol. The van der Waals surface area contributed by atoms with Crippen LogP contribution in [-0.4, -0.2) is 15.8 Å². The third-order valence-electron chi connectivity index (χ3n) is 3.97. The summed E-state index contributed by atoms with van der Waals surface area (Å²) >= 11 is 3.53. The van der Waals surface area contributed by atoms with Gasteiger partial charge < -0.3 is 14.6 Å². The first kappa shape index (κ1) is 15.0. The molecule has 1 N–H and O–H groups in total. The third kappa shape index (κ3) is 2.59. The fraction of sp³-hybridized carbons (Fsp3) is 0.111. The van der Waals surface area contributed by atoms with Gasteiger partial charge in [0.25, 0.3) is 5.91 Å². The average Bonchev–Trinajstić information content (AvgIpc) is 3.20. The summed E-state index contributed by atoms with van der Waals surface area (Å²) in [7, 11) is 0. The fourth-order valence-electron chi connectivity index (χ4n) is 2.84. The van der Waals surface area contributed by atoms with Crippen molar-refractivity contribution in [3.05, 3.63) is 82.5 Å². The molecule has 3 heterocycles. The van der Waals surface area contributed by atoms with Gasteiger partial charge in [0, 0.05) is 10.7 Å². The van der Waals surface area contributed by atoms with Crippen molar-refractivity contribution in [1.29, 1.82) is 0 Å². The third-order valence-corrected chi connectivity index (χ3v) is 4.66. The van der Waals surface area contributed by atoms with E-state index in [1.165, 1.54) is 0 Å². The highest BCUT2D eigenvalue weighted by atomic mass is 79.9. The van der Waals surface area contributed by atoms with E-state index in [2.05, 4.69) is 26.2 Å².